The Kier molecular flexibility index (Phi) is 5.89. The first-order chi connectivity index (χ1) is 17.1. The number of aromatic nitrogens is 4. The van der Waals surface area contributed by atoms with Crippen molar-refractivity contribution in [3.63, 3.8) is 0 Å². The number of piperidine rings is 1. The summed E-state index contributed by atoms with van der Waals surface area (Å²) in [6.45, 7) is 9.97. The molecule has 2 amide bonds. The third kappa shape index (κ3) is 4.06. The number of amides is 2. The molecular formula is C27H32N6O3. The van der Waals surface area contributed by atoms with Gasteiger partial charge in [0.05, 0.1) is 5.52 Å². The molecule has 1 aliphatic heterocycles. The summed E-state index contributed by atoms with van der Waals surface area (Å²) in [6.07, 6.45) is 5.95. The van der Waals surface area contributed by atoms with Crippen LogP contribution in [0.3, 0.4) is 0 Å². The highest BCUT2D eigenvalue weighted by atomic mass is 16.2. The molecule has 1 N–H and O–H groups in total. The molecule has 1 saturated heterocycles. The van der Waals surface area contributed by atoms with E-state index in [1.165, 1.54) is 6.92 Å². The standard InChI is InChI=1S/C27H32N6O3/c1-6-7-28-26(36)21-10-27(5)11-22(27)33(21)23(35)14-32-25-15(2)8-18(19-12-29-17(4)30-13-19)9-20(25)24(31-32)16(3)34/h8-9,12-13,21-22H,6-7,10-11,14H2,1-5H3,(H,28,36)/t21-,22+,27-/m0/s1. The molecule has 36 heavy (non-hydrogen) atoms. The van der Waals surface area contributed by atoms with Crippen molar-refractivity contribution in [3.8, 4) is 11.1 Å². The molecule has 3 heterocycles. The summed E-state index contributed by atoms with van der Waals surface area (Å²) >= 11 is 0. The lowest BCUT2D eigenvalue weighted by Crippen LogP contribution is -2.49. The van der Waals surface area contributed by atoms with E-state index in [4.69, 9.17) is 0 Å². The largest absolute Gasteiger partial charge is 0.354 e. The van der Waals surface area contributed by atoms with Gasteiger partial charge in [0.15, 0.2) is 5.78 Å². The van der Waals surface area contributed by atoms with Crippen molar-refractivity contribution < 1.29 is 14.4 Å². The number of Topliss-reactive ketones (excluding diaryl/α,β-unsaturated/α-hetero) is 1. The Bertz CT molecular complexity index is 1380. The zero-order valence-electron chi connectivity index (χ0n) is 21.5. The summed E-state index contributed by atoms with van der Waals surface area (Å²) in [6, 6.07) is 3.52. The van der Waals surface area contributed by atoms with Gasteiger partial charge in [0.1, 0.15) is 24.1 Å². The van der Waals surface area contributed by atoms with Crippen molar-refractivity contribution in [2.45, 2.75) is 72.5 Å². The summed E-state index contributed by atoms with van der Waals surface area (Å²) in [5.74, 6) is 0.278. The molecule has 9 nitrogen and oxygen atoms in total. The van der Waals surface area contributed by atoms with E-state index in [0.29, 0.717) is 29.9 Å². The maximum atomic E-state index is 13.6. The van der Waals surface area contributed by atoms with E-state index < -0.39 is 6.04 Å². The van der Waals surface area contributed by atoms with Gasteiger partial charge in [-0.3, -0.25) is 19.1 Å². The van der Waals surface area contributed by atoms with E-state index in [2.05, 4.69) is 27.3 Å². The second kappa shape index (κ2) is 8.80. The molecule has 0 bridgehead atoms. The molecule has 3 aromatic rings. The molecule has 3 atom stereocenters. The number of benzene rings is 1. The Morgan fingerprint density at radius 2 is 1.83 bits per heavy atom. The number of nitrogens with zero attached hydrogens (tertiary/aromatic N) is 5. The number of carbonyl (C=O) groups excluding carboxylic acids is 3. The van der Waals surface area contributed by atoms with Crippen LogP contribution in [0.5, 0.6) is 0 Å². The third-order valence-electron chi connectivity index (χ3n) is 7.54. The number of nitrogens with one attached hydrogen (secondary N) is 1. The molecule has 0 spiro atoms. The normalized spacial score (nSPS) is 22.5. The van der Waals surface area contributed by atoms with Crippen LogP contribution in [0.25, 0.3) is 22.0 Å². The first-order valence-corrected chi connectivity index (χ1v) is 12.5. The highest BCUT2D eigenvalue weighted by molar-refractivity contribution is 6.07. The zero-order chi connectivity index (χ0) is 25.8. The molecule has 188 valence electrons. The Morgan fingerprint density at radius 1 is 1.11 bits per heavy atom. The minimum Gasteiger partial charge on any atom is -0.354 e. The van der Waals surface area contributed by atoms with Crippen LogP contribution in [0.2, 0.25) is 0 Å². The fourth-order valence-corrected chi connectivity index (χ4v) is 5.55. The van der Waals surface area contributed by atoms with Gasteiger partial charge in [-0.1, -0.05) is 13.8 Å². The first-order valence-electron chi connectivity index (χ1n) is 12.5. The van der Waals surface area contributed by atoms with Crippen LogP contribution >= 0.6 is 0 Å². The van der Waals surface area contributed by atoms with Gasteiger partial charge < -0.3 is 10.2 Å². The van der Waals surface area contributed by atoms with E-state index in [1.54, 1.807) is 22.0 Å². The van der Waals surface area contributed by atoms with Crippen LogP contribution in [-0.4, -0.2) is 60.9 Å². The monoisotopic (exact) mass is 488 g/mol. The highest BCUT2D eigenvalue weighted by Crippen LogP contribution is 2.59. The van der Waals surface area contributed by atoms with Crippen molar-refractivity contribution in [1.29, 1.82) is 0 Å². The maximum absolute atomic E-state index is 13.6. The van der Waals surface area contributed by atoms with Crippen molar-refractivity contribution in [2.24, 2.45) is 5.41 Å². The third-order valence-corrected chi connectivity index (χ3v) is 7.54. The minimum absolute atomic E-state index is 0.00153. The van der Waals surface area contributed by atoms with Gasteiger partial charge in [0, 0.05) is 42.9 Å². The number of rotatable bonds is 7. The van der Waals surface area contributed by atoms with Gasteiger partial charge in [0.25, 0.3) is 0 Å². The smallest absolute Gasteiger partial charge is 0.245 e. The summed E-state index contributed by atoms with van der Waals surface area (Å²) in [4.78, 5) is 49.3. The lowest BCUT2D eigenvalue weighted by molar-refractivity contribution is -0.140. The topological polar surface area (TPSA) is 110 Å². The molecular weight excluding hydrogens is 456 g/mol. The van der Waals surface area contributed by atoms with Gasteiger partial charge in [-0.05, 0) is 61.8 Å². The van der Waals surface area contributed by atoms with Gasteiger partial charge in [-0.25, -0.2) is 9.97 Å². The number of hydrogen-bond acceptors (Lipinski definition) is 6. The number of carbonyl (C=O) groups is 3. The molecule has 0 unspecified atom stereocenters. The zero-order valence-corrected chi connectivity index (χ0v) is 21.5. The average molecular weight is 489 g/mol. The molecule has 0 radical (unpaired) electrons. The summed E-state index contributed by atoms with van der Waals surface area (Å²) in [5, 5.41) is 8.22. The van der Waals surface area contributed by atoms with Crippen LogP contribution in [0.4, 0.5) is 0 Å². The van der Waals surface area contributed by atoms with Crippen molar-refractivity contribution in [1.82, 2.24) is 30.0 Å². The molecule has 1 saturated carbocycles. The number of aryl methyl sites for hydroxylation is 2. The van der Waals surface area contributed by atoms with Crippen molar-refractivity contribution >= 4 is 28.5 Å². The van der Waals surface area contributed by atoms with Crippen LogP contribution in [-0.2, 0) is 16.1 Å². The predicted octanol–water partition coefficient (Wildman–Crippen LogP) is 3.22. The van der Waals surface area contributed by atoms with Gasteiger partial charge in [-0.15, -0.1) is 0 Å². The Balaban J connectivity index is 1.49. The number of hydrogen-bond donors (Lipinski definition) is 1. The number of ketones is 1. The maximum Gasteiger partial charge on any atom is 0.245 e. The van der Waals surface area contributed by atoms with Crippen LogP contribution in [0, 0.1) is 19.3 Å². The van der Waals surface area contributed by atoms with E-state index in [0.717, 1.165) is 35.0 Å². The van der Waals surface area contributed by atoms with Crippen LogP contribution in [0.1, 0.15) is 61.9 Å². The van der Waals surface area contributed by atoms with Crippen LogP contribution < -0.4 is 5.32 Å². The van der Waals surface area contributed by atoms with E-state index in [-0.39, 0.29) is 35.6 Å². The van der Waals surface area contributed by atoms with Crippen molar-refractivity contribution in [3.05, 3.63) is 41.6 Å². The summed E-state index contributed by atoms with van der Waals surface area (Å²) in [5.41, 5.74) is 3.69. The van der Waals surface area contributed by atoms with E-state index in [1.807, 2.05) is 32.9 Å². The molecule has 1 aromatic carbocycles. The first kappa shape index (κ1) is 24.1. The van der Waals surface area contributed by atoms with Crippen molar-refractivity contribution in [2.75, 3.05) is 6.54 Å². The Hall–Kier alpha value is -3.62. The SMILES string of the molecule is CCCNC(=O)[C@@H]1C[C@@]2(C)C[C@H]2N1C(=O)Cn1nc(C(C)=O)c2cc(-c3cnc(C)nc3)cc(C)c21. The predicted molar refractivity (Wildman–Crippen MR) is 135 cm³/mol. The lowest BCUT2D eigenvalue weighted by atomic mass is 10.0. The van der Waals surface area contributed by atoms with Crippen LogP contribution in [0.15, 0.2) is 24.5 Å². The summed E-state index contributed by atoms with van der Waals surface area (Å²) < 4.78 is 1.62. The van der Waals surface area contributed by atoms with E-state index >= 15 is 0 Å². The molecule has 2 fully saturated rings. The fraction of sp³-hybridized carbons (Fsp3) is 0.481. The number of likely N-dealkylation sites (tertiary alicyclic amines) is 1. The minimum atomic E-state index is -0.462. The van der Waals surface area contributed by atoms with E-state index in [9.17, 15) is 14.4 Å². The second-order valence-corrected chi connectivity index (χ2v) is 10.5. The lowest BCUT2D eigenvalue weighted by Gasteiger charge is -2.27. The molecule has 5 rings (SSSR count). The average Bonchev–Trinajstić information content (AvgIpc) is 3.19. The molecule has 1 aliphatic carbocycles. The Morgan fingerprint density at radius 3 is 2.50 bits per heavy atom. The highest BCUT2D eigenvalue weighted by Gasteiger charge is 2.64. The summed E-state index contributed by atoms with van der Waals surface area (Å²) in [7, 11) is 0. The second-order valence-electron chi connectivity index (χ2n) is 10.5. The van der Waals surface area contributed by atoms with Gasteiger partial charge in [0.2, 0.25) is 11.8 Å². The Labute approximate surface area is 210 Å². The molecule has 9 heteroatoms. The molecule has 2 aliphatic rings. The molecule has 2 aromatic heterocycles. The number of fused-ring (bicyclic) bond motifs is 2. The van der Waals surface area contributed by atoms with Gasteiger partial charge >= 0.3 is 0 Å². The van der Waals surface area contributed by atoms with Gasteiger partial charge in [-0.2, -0.15) is 5.10 Å². The fourth-order valence-electron chi connectivity index (χ4n) is 5.55. The quantitative estimate of drug-likeness (QED) is 0.512.